The van der Waals surface area contributed by atoms with E-state index in [-0.39, 0.29) is 11.9 Å². The van der Waals surface area contributed by atoms with Gasteiger partial charge in [-0.25, -0.2) is 9.78 Å². The number of aryl methyl sites for hydroxylation is 4. The fourth-order valence-electron chi connectivity index (χ4n) is 3.96. The Morgan fingerprint density at radius 2 is 1.65 bits per heavy atom. The third-order valence-corrected chi connectivity index (χ3v) is 6.49. The lowest BCUT2D eigenvalue weighted by Gasteiger charge is -2.12. The summed E-state index contributed by atoms with van der Waals surface area (Å²) in [6.45, 7) is 6.60. The van der Waals surface area contributed by atoms with Crippen LogP contribution in [0.2, 0.25) is 0 Å². The number of rotatable bonds is 7. The summed E-state index contributed by atoms with van der Waals surface area (Å²) in [4.78, 5) is 29.6. The van der Waals surface area contributed by atoms with Gasteiger partial charge in [-0.3, -0.25) is 10.1 Å². The summed E-state index contributed by atoms with van der Waals surface area (Å²) in [6, 6.07) is 19.4. The second-order valence-electron chi connectivity index (χ2n) is 8.40. The molecule has 0 aliphatic heterocycles. The Hall–Kier alpha value is -3.71. The van der Waals surface area contributed by atoms with Crippen LogP contribution in [-0.2, 0) is 6.42 Å². The third-order valence-electron chi connectivity index (χ3n) is 5.56. The van der Waals surface area contributed by atoms with Crippen LogP contribution in [0.15, 0.2) is 60.7 Å². The molecule has 0 bridgehead atoms. The van der Waals surface area contributed by atoms with Crippen molar-refractivity contribution in [3.05, 3.63) is 88.5 Å². The molecule has 0 saturated heterocycles. The summed E-state index contributed by atoms with van der Waals surface area (Å²) >= 11 is 1.34. The number of nitrogens with one attached hydrogen (secondary N) is 3. The molecular weight excluding hydrogens is 444 g/mol. The minimum absolute atomic E-state index is 0.170. The van der Waals surface area contributed by atoms with E-state index in [0.717, 1.165) is 39.9 Å². The largest absolute Gasteiger partial charge is 0.338 e. The molecule has 0 aliphatic rings. The molecule has 174 valence electrons. The average Bonchev–Trinajstić information content (AvgIpc) is 3.21. The van der Waals surface area contributed by atoms with E-state index in [1.807, 2.05) is 45.0 Å². The van der Waals surface area contributed by atoms with E-state index in [1.54, 1.807) is 12.1 Å². The van der Waals surface area contributed by atoms with E-state index in [1.165, 1.54) is 22.5 Å². The number of anilines is 2. The van der Waals surface area contributed by atoms with Crippen molar-refractivity contribution in [3.8, 4) is 0 Å². The van der Waals surface area contributed by atoms with Gasteiger partial charge < -0.3 is 10.6 Å². The number of fused-ring (bicyclic) bond motifs is 1. The molecule has 1 heterocycles. The topological polar surface area (TPSA) is 83.1 Å². The third kappa shape index (κ3) is 5.80. The molecule has 34 heavy (non-hydrogen) atoms. The lowest BCUT2D eigenvalue weighted by molar-refractivity contribution is 0.102. The Morgan fingerprint density at radius 3 is 2.38 bits per heavy atom. The predicted octanol–water partition coefficient (Wildman–Crippen LogP) is 6.23. The zero-order chi connectivity index (χ0) is 24.1. The van der Waals surface area contributed by atoms with Crippen LogP contribution < -0.4 is 16.0 Å². The molecule has 0 unspecified atom stereocenters. The first kappa shape index (κ1) is 23.4. The number of urea groups is 1. The van der Waals surface area contributed by atoms with Gasteiger partial charge in [0.2, 0.25) is 0 Å². The number of amides is 3. The number of aromatic nitrogens is 1. The number of hydrogen-bond donors (Lipinski definition) is 3. The number of benzene rings is 3. The van der Waals surface area contributed by atoms with E-state index in [9.17, 15) is 9.59 Å². The molecule has 4 rings (SSSR count). The van der Waals surface area contributed by atoms with Crippen LogP contribution in [0.4, 0.5) is 15.6 Å². The van der Waals surface area contributed by atoms with Gasteiger partial charge in [0.25, 0.3) is 5.91 Å². The highest BCUT2D eigenvalue weighted by molar-refractivity contribution is 7.22. The first-order valence-corrected chi connectivity index (χ1v) is 12.1. The Balaban J connectivity index is 1.35. The molecule has 0 aliphatic carbocycles. The lowest BCUT2D eigenvalue weighted by Crippen LogP contribution is -2.29. The van der Waals surface area contributed by atoms with Crippen LogP contribution in [0.25, 0.3) is 10.2 Å². The first-order valence-electron chi connectivity index (χ1n) is 11.3. The summed E-state index contributed by atoms with van der Waals surface area (Å²) in [5.74, 6) is -0.170. The first-order chi connectivity index (χ1) is 16.4. The molecule has 7 heteroatoms. The highest BCUT2D eigenvalue weighted by Gasteiger charge is 2.13. The van der Waals surface area contributed by atoms with Crippen LogP contribution in [0.3, 0.4) is 0 Å². The van der Waals surface area contributed by atoms with E-state index in [4.69, 9.17) is 0 Å². The molecule has 0 spiro atoms. The van der Waals surface area contributed by atoms with Crippen LogP contribution in [-0.4, -0.2) is 23.5 Å². The van der Waals surface area contributed by atoms with E-state index in [0.29, 0.717) is 17.2 Å². The van der Waals surface area contributed by atoms with Gasteiger partial charge in [-0.05, 0) is 68.5 Å². The van der Waals surface area contributed by atoms with E-state index < -0.39 is 0 Å². The van der Waals surface area contributed by atoms with Crippen LogP contribution >= 0.6 is 11.3 Å². The maximum Gasteiger partial charge on any atom is 0.321 e. The van der Waals surface area contributed by atoms with Crippen molar-refractivity contribution in [1.29, 1.82) is 0 Å². The standard InChI is InChI=1S/C27H28N4O2S/c1-17-14-18(2)24(19(3)15-17)30-25(32)21-11-12-22-23(16-21)34-27(29-22)31-26(33)28-13-7-10-20-8-5-4-6-9-20/h4-6,8-9,11-12,14-16H,7,10,13H2,1-3H3,(H,30,32)(H2,28,29,31,33). The number of carbonyl (C=O) groups excluding carboxylic acids is 2. The van der Waals surface area contributed by atoms with Crippen molar-refractivity contribution < 1.29 is 9.59 Å². The summed E-state index contributed by atoms with van der Waals surface area (Å²) < 4.78 is 0.837. The van der Waals surface area contributed by atoms with Gasteiger partial charge in [0, 0.05) is 17.8 Å². The highest BCUT2D eigenvalue weighted by atomic mass is 32.1. The van der Waals surface area contributed by atoms with Gasteiger partial charge in [0.1, 0.15) is 0 Å². The maximum absolute atomic E-state index is 12.9. The molecule has 6 nitrogen and oxygen atoms in total. The van der Waals surface area contributed by atoms with E-state index >= 15 is 0 Å². The van der Waals surface area contributed by atoms with Crippen LogP contribution in [0.5, 0.6) is 0 Å². The Kier molecular flexibility index (Phi) is 7.23. The van der Waals surface area contributed by atoms with Gasteiger partial charge in [-0.15, -0.1) is 0 Å². The van der Waals surface area contributed by atoms with Crippen molar-refractivity contribution in [2.75, 3.05) is 17.2 Å². The SMILES string of the molecule is Cc1cc(C)c(NC(=O)c2ccc3nc(NC(=O)NCCCc4ccccc4)sc3c2)c(C)c1. The number of nitrogens with zero attached hydrogens (tertiary/aromatic N) is 1. The summed E-state index contributed by atoms with van der Waals surface area (Å²) in [6.07, 6.45) is 1.77. The molecule has 1 aromatic heterocycles. The van der Waals surface area contributed by atoms with Gasteiger partial charge in [0.15, 0.2) is 5.13 Å². The molecule has 4 aromatic rings. The predicted molar refractivity (Wildman–Crippen MR) is 140 cm³/mol. The summed E-state index contributed by atoms with van der Waals surface area (Å²) in [5.41, 5.74) is 6.61. The Morgan fingerprint density at radius 1 is 0.912 bits per heavy atom. The maximum atomic E-state index is 12.9. The van der Waals surface area contributed by atoms with Gasteiger partial charge in [0.05, 0.1) is 10.2 Å². The fourth-order valence-corrected chi connectivity index (χ4v) is 4.86. The average molecular weight is 473 g/mol. The molecule has 3 amide bonds. The monoisotopic (exact) mass is 472 g/mol. The molecule has 3 N–H and O–H groups in total. The zero-order valence-corrected chi connectivity index (χ0v) is 20.4. The number of hydrogen-bond acceptors (Lipinski definition) is 4. The summed E-state index contributed by atoms with van der Waals surface area (Å²) in [7, 11) is 0. The van der Waals surface area contributed by atoms with Gasteiger partial charge >= 0.3 is 6.03 Å². The molecule has 3 aromatic carbocycles. The van der Waals surface area contributed by atoms with Crippen LogP contribution in [0.1, 0.15) is 39.0 Å². The second kappa shape index (κ2) is 10.5. The Bertz CT molecular complexity index is 1310. The van der Waals surface area contributed by atoms with Crippen molar-refractivity contribution in [2.24, 2.45) is 0 Å². The molecule has 0 saturated carbocycles. The highest BCUT2D eigenvalue weighted by Crippen LogP contribution is 2.28. The quantitative estimate of drug-likeness (QED) is 0.279. The van der Waals surface area contributed by atoms with Crippen molar-refractivity contribution >= 4 is 44.3 Å². The lowest BCUT2D eigenvalue weighted by atomic mass is 10.0. The molecule has 0 fully saturated rings. The smallest absolute Gasteiger partial charge is 0.321 e. The summed E-state index contributed by atoms with van der Waals surface area (Å²) in [5, 5.41) is 9.20. The van der Waals surface area contributed by atoms with Crippen molar-refractivity contribution in [3.63, 3.8) is 0 Å². The van der Waals surface area contributed by atoms with Crippen molar-refractivity contribution in [1.82, 2.24) is 10.3 Å². The molecular formula is C27H28N4O2S. The normalized spacial score (nSPS) is 10.8. The molecule has 0 radical (unpaired) electrons. The fraction of sp³-hybridized carbons (Fsp3) is 0.222. The second-order valence-corrected chi connectivity index (χ2v) is 9.43. The zero-order valence-electron chi connectivity index (χ0n) is 19.6. The minimum Gasteiger partial charge on any atom is -0.338 e. The number of thiazole rings is 1. The Labute approximate surface area is 203 Å². The minimum atomic E-state index is -0.282. The van der Waals surface area contributed by atoms with Gasteiger partial charge in [-0.1, -0.05) is 59.4 Å². The van der Waals surface area contributed by atoms with Gasteiger partial charge in [-0.2, -0.15) is 0 Å². The molecule has 0 atom stereocenters. The van der Waals surface area contributed by atoms with Crippen molar-refractivity contribution in [2.45, 2.75) is 33.6 Å². The van der Waals surface area contributed by atoms with E-state index in [2.05, 4.69) is 45.2 Å². The number of carbonyl (C=O) groups is 2. The van der Waals surface area contributed by atoms with Crippen LogP contribution in [0, 0.1) is 20.8 Å².